The van der Waals surface area contributed by atoms with Crippen LogP contribution in [0.25, 0.3) is 11.1 Å². The molecule has 0 bridgehead atoms. The van der Waals surface area contributed by atoms with Gasteiger partial charge in [-0.2, -0.15) is 13.2 Å². The number of nitrogens with zero attached hydrogens (tertiary/aromatic N) is 1. The van der Waals surface area contributed by atoms with Gasteiger partial charge in [0.15, 0.2) is 0 Å². The summed E-state index contributed by atoms with van der Waals surface area (Å²) in [5, 5.41) is 2.93. The lowest BCUT2D eigenvalue weighted by atomic mass is 9.87. The number of pyridine rings is 1. The summed E-state index contributed by atoms with van der Waals surface area (Å²) >= 11 is 0. The minimum Gasteiger partial charge on any atom is -0.458 e. The van der Waals surface area contributed by atoms with Gasteiger partial charge in [-0.1, -0.05) is 42.8 Å². The van der Waals surface area contributed by atoms with Crippen molar-refractivity contribution in [2.45, 2.75) is 71.9 Å². The molecule has 1 aliphatic heterocycles. The van der Waals surface area contributed by atoms with Gasteiger partial charge in [0.1, 0.15) is 11.5 Å². The summed E-state index contributed by atoms with van der Waals surface area (Å²) in [5.74, 6) is -1.57. The van der Waals surface area contributed by atoms with E-state index in [0.29, 0.717) is 29.7 Å². The van der Waals surface area contributed by atoms with Crippen LogP contribution in [0.1, 0.15) is 75.4 Å². The molecule has 2 aliphatic carbocycles. The van der Waals surface area contributed by atoms with Crippen LogP contribution in [-0.2, 0) is 16.0 Å². The Kier molecular flexibility index (Phi) is 8.11. The average Bonchev–Trinajstić information content (AvgIpc) is 3.70. The quantitative estimate of drug-likeness (QED) is 0.320. The van der Waals surface area contributed by atoms with E-state index in [1.54, 1.807) is 25.3 Å². The maximum atomic E-state index is 15.0. The first-order valence-corrected chi connectivity index (χ1v) is 13.9. The standard InChI is InChI=1S/C33H34F3N2O3/c1-5-33(4,36)41-29-17-24(9-11-25(29)22-7-8-22)31-20(3)19(2)23(10-14-28(31)40-32(34)35)16-21-6-12-26(37-18-21)27-13-15-30(39)38-27/h6-12,14,17-18,23,27,32H,5,13,15-16H2,1-4H3,(H,38,39). The third-order valence-corrected chi connectivity index (χ3v) is 7.99. The molecule has 2 heterocycles. The highest BCUT2D eigenvalue weighted by atomic mass is 19.3. The Balaban J connectivity index is 1.47. The molecule has 3 aliphatic rings. The van der Waals surface area contributed by atoms with E-state index in [9.17, 15) is 18.0 Å². The molecule has 1 aromatic heterocycles. The first kappa shape index (κ1) is 28.7. The van der Waals surface area contributed by atoms with Gasteiger partial charge in [-0.05, 0) is 67.2 Å². The molecule has 215 valence electrons. The second kappa shape index (κ2) is 11.6. The van der Waals surface area contributed by atoms with Crippen LogP contribution in [-0.4, -0.2) is 23.4 Å². The number of rotatable bonds is 10. The number of nitrogens with one attached hydrogen (secondary N) is 1. The number of benzene rings is 1. The smallest absolute Gasteiger partial charge is 0.387 e. The van der Waals surface area contributed by atoms with Gasteiger partial charge in [-0.25, -0.2) is 0 Å². The average molecular weight is 564 g/mol. The Hall–Kier alpha value is -3.81. The van der Waals surface area contributed by atoms with Crippen molar-refractivity contribution >= 4 is 17.1 Å². The van der Waals surface area contributed by atoms with E-state index in [4.69, 9.17) is 9.47 Å². The summed E-state index contributed by atoms with van der Waals surface area (Å²) < 4.78 is 53.0. The van der Waals surface area contributed by atoms with Gasteiger partial charge < -0.3 is 14.8 Å². The molecule has 0 spiro atoms. The fourth-order valence-electron chi connectivity index (χ4n) is 5.24. The Labute approximate surface area is 238 Å². The number of carbonyl (C=O) groups is 1. The molecular formula is C33H34F3N2O3. The van der Waals surface area contributed by atoms with Crippen LogP contribution in [0.4, 0.5) is 13.2 Å². The van der Waals surface area contributed by atoms with Gasteiger partial charge in [-0.15, -0.1) is 0 Å². The zero-order chi connectivity index (χ0) is 29.3. The number of amides is 1. The highest BCUT2D eigenvalue weighted by Crippen LogP contribution is 2.43. The second-order valence-electron chi connectivity index (χ2n) is 10.9. The number of hydrogen-bond acceptors (Lipinski definition) is 4. The molecule has 1 N–H and O–H groups in total. The number of carbonyl (C=O) groups excluding carboxylic acids is 1. The highest BCUT2D eigenvalue weighted by molar-refractivity contribution is 5.91. The van der Waals surface area contributed by atoms with E-state index in [1.807, 2.05) is 56.7 Å². The lowest BCUT2D eigenvalue weighted by Gasteiger charge is -2.24. The zero-order valence-electron chi connectivity index (χ0n) is 23.6. The van der Waals surface area contributed by atoms with Crippen molar-refractivity contribution in [3.63, 3.8) is 0 Å². The monoisotopic (exact) mass is 563 g/mol. The van der Waals surface area contributed by atoms with Crippen molar-refractivity contribution < 1.29 is 27.4 Å². The molecule has 5 nitrogen and oxygen atoms in total. The molecule has 1 amide bonds. The minimum absolute atomic E-state index is 0.0335. The molecule has 3 unspecified atom stereocenters. The van der Waals surface area contributed by atoms with E-state index in [0.717, 1.165) is 40.0 Å². The van der Waals surface area contributed by atoms with Crippen molar-refractivity contribution in [1.29, 1.82) is 0 Å². The highest BCUT2D eigenvalue weighted by Gasteiger charge is 2.29. The van der Waals surface area contributed by atoms with Crippen LogP contribution < -0.4 is 10.1 Å². The predicted octanol–water partition coefficient (Wildman–Crippen LogP) is 7.82. The Morgan fingerprint density at radius 1 is 1.20 bits per heavy atom. The van der Waals surface area contributed by atoms with Crippen molar-refractivity contribution in [1.82, 2.24) is 10.3 Å². The van der Waals surface area contributed by atoms with Gasteiger partial charge in [-0.3, -0.25) is 9.78 Å². The van der Waals surface area contributed by atoms with Crippen molar-refractivity contribution in [2.75, 3.05) is 0 Å². The lowest BCUT2D eigenvalue weighted by molar-refractivity contribution is -0.119. The molecule has 1 saturated heterocycles. The molecule has 0 saturated carbocycles. The predicted molar refractivity (Wildman–Crippen MR) is 152 cm³/mol. The van der Waals surface area contributed by atoms with Gasteiger partial charge in [0.05, 0.1) is 11.7 Å². The molecule has 8 heteroatoms. The fourth-order valence-corrected chi connectivity index (χ4v) is 5.24. The number of aromatic nitrogens is 1. The van der Waals surface area contributed by atoms with Crippen molar-refractivity contribution in [3.05, 3.63) is 100 Å². The van der Waals surface area contributed by atoms with E-state index >= 15 is 0 Å². The Bertz CT molecular complexity index is 1450. The maximum absolute atomic E-state index is 15.0. The van der Waals surface area contributed by atoms with Gasteiger partial charge >= 0.3 is 6.61 Å². The summed E-state index contributed by atoms with van der Waals surface area (Å²) in [6.45, 7) is 3.93. The number of halogens is 3. The Morgan fingerprint density at radius 2 is 1.98 bits per heavy atom. The fraction of sp³-hybridized carbons (Fsp3) is 0.364. The molecule has 2 aromatic rings. The third-order valence-electron chi connectivity index (χ3n) is 7.99. The molecule has 1 fully saturated rings. The summed E-state index contributed by atoms with van der Waals surface area (Å²) in [6.07, 6.45) is 11.1. The van der Waals surface area contributed by atoms with Crippen LogP contribution in [0.3, 0.4) is 0 Å². The van der Waals surface area contributed by atoms with Gasteiger partial charge in [0.25, 0.3) is 0 Å². The van der Waals surface area contributed by atoms with Crippen LogP contribution in [0.2, 0.25) is 0 Å². The maximum Gasteiger partial charge on any atom is 0.387 e. The van der Waals surface area contributed by atoms with Crippen molar-refractivity contribution in [2.24, 2.45) is 5.92 Å². The molecule has 41 heavy (non-hydrogen) atoms. The SMILES string of the molecule is CCC(C)(F)Oc1cc(C2=C(OC(F)F)C=CC(Cc3ccc(C4CCC(=O)N4)nc3)C(C)=C2C)ccc1C1=C[CH]1. The van der Waals surface area contributed by atoms with E-state index in [1.165, 1.54) is 6.92 Å². The number of ether oxygens (including phenoxy) is 2. The first-order chi connectivity index (χ1) is 19.5. The lowest BCUT2D eigenvalue weighted by Crippen LogP contribution is -2.25. The normalized spacial score (nSPS) is 22.0. The van der Waals surface area contributed by atoms with E-state index < -0.39 is 12.5 Å². The molecule has 1 aromatic carbocycles. The molecule has 1 radical (unpaired) electrons. The summed E-state index contributed by atoms with van der Waals surface area (Å²) in [5.41, 5.74) is 6.38. The third kappa shape index (κ3) is 6.58. The van der Waals surface area contributed by atoms with E-state index in [2.05, 4.69) is 10.3 Å². The Morgan fingerprint density at radius 3 is 2.59 bits per heavy atom. The minimum atomic E-state index is -3.02. The van der Waals surface area contributed by atoms with Crippen LogP contribution >= 0.6 is 0 Å². The van der Waals surface area contributed by atoms with Crippen molar-refractivity contribution in [3.8, 4) is 5.75 Å². The first-order valence-electron chi connectivity index (χ1n) is 13.9. The van der Waals surface area contributed by atoms with Crippen LogP contribution in [0.15, 0.2) is 71.7 Å². The largest absolute Gasteiger partial charge is 0.458 e. The molecular weight excluding hydrogens is 529 g/mol. The topological polar surface area (TPSA) is 60.5 Å². The summed E-state index contributed by atoms with van der Waals surface area (Å²) in [4.78, 5) is 16.2. The zero-order valence-corrected chi connectivity index (χ0v) is 23.6. The number of allylic oxidation sites excluding steroid dienone is 7. The number of alkyl halides is 3. The molecule has 5 rings (SSSR count). The summed E-state index contributed by atoms with van der Waals surface area (Å²) in [7, 11) is 0. The number of hydrogen-bond donors (Lipinski definition) is 1. The second-order valence-corrected chi connectivity index (χ2v) is 10.9. The van der Waals surface area contributed by atoms with Crippen LogP contribution in [0.5, 0.6) is 5.75 Å². The molecule has 3 atom stereocenters. The van der Waals surface area contributed by atoms with Gasteiger partial charge in [0, 0.05) is 49.4 Å². The van der Waals surface area contributed by atoms with E-state index in [-0.39, 0.29) is 30.0 Å². The summed E-state index contributed by atoms with van der Waals surface area (Å²) in [6, 6.07) is 9.21. The van der Waals surface area contributed by atoms with Crippen LogP contribution in [0, 0.1) is 12.3 Å². The van der Waals surface area contributed by atoms with Gasteiger partial charge in [0.2, 0.25) is 11.8 Å².